The Morgan fingerprint density at radius 3 is 2.50 bits per heavy atom. The maximum atomic E-state index is 9.26. The second-order valence-electron chi connectivity index (χ2n) is 6.56. The van der Waals surface area contributed by atoms with E-state index in [4.69, 9.17) is 16.5 Å². The molecule has 0 aliphatic heterocycles. The zero-order chi connectivity index (χ0) is 18.8. The van der Waals surface area contributed by atoms with E-state index >= 15 is 0 Å². The van der Waals surface area contributed by atoms with E-state index in [0.717, 1.165) is 44.1 Å². The normalized spacial score (nSPS) is 11.5. The van der Waals surface area contributed by atoms with E-state index in [1.54, 1.807) is 0 Å². The van der Waals surface area contributed by atoms with Crippen LogP contribution in [0.5, 0.6) is 0 Å². The van der Waals surface area contributed by atoms with Crippen molar-refractivity contribution in [1.29, 1.82) is 5.26 Å². The first-order valence-electron chi connectivity index (χ1n) is 8.61. The van der Waals surface area contributed by atoms with Gasteiger partial charge in [0.05, 0.1) is 0 Å². The van der Waals surface area contributed by atoms with E-state index < -0.39 is 0 Å². The molecular formula is C22H8N6. The zero-order valence-corrected chi connectivity index (χ0v) is 14.3. The number of aromatic nitrogens is 4. The van der Waals surface area contributed by atoms with Gasteiger partial charge in [0, 0.05) is 16.5 Å². The van der Waals surface area contributed by atoms with E-state index in [9.17, 15) is 5.26 Å². The van der Waals surface area contributed by atoms with Crippen molar-refractivity contribution < 1.29 is 0 Å². The molecule has 0 amide bonds. The summed E-state index contributed by atoms with van der Waals surface area (Å²) in [7, 11) is 0. The van der Waals surface area contributed by atoms with Gasteiger partial charge in [-0.1, -0.05) is 54.0 Å². The van der Waals surface area contributed by atoms with Crippen LogP contribution in [0, 0.1) is 17.9 Å². The highest BCUT2D eigenvalue weighted by Crippen LogP contribution is 2.48. The van der Waals surface area contributed by atoms with Gasteiger partial charge < -0.3 is 4.85 Å². The van der Waals surface area contributed by atoms with Gasteiger partial charge in [-0.2, -0.15) is 5.26 Å². The van der Waals surface area contributed by atoms with Crippen molar-refractivity contribution in [1.82, 2.24) is 19.9 Å². The maximum Gasteiger partial charge on any atom is 0.308 e. The lowest BCUT2D eigenvalue weighted by Gasteiger charge is -2.07. The van der Waals surface area contributed by atoms with E-state index in [-0.39, 0.29) is 22.8 Å². The molecule has 3 aromatic carbocycles. The predicted molar refractivity (Wildman–Crippen MR) is 106 cm³/mol. The summed E-state index contributed by atoms with van der Waals surface area (Å²) in [5.41, 5.74) is 4.02. The lowest BCUT2D eigenvalue weighted by atomic mass is 9.97. The Labute approximate surface area is 158 Å². The van der Waals surface area contributed by atoms with Crippen LogP contribution in [0.4, 0.5) is 5.82 Å². The number of fused-ring (bicyclic) bond motifs is 6. The molecule has 0 atom stereocenters. The van der Waals surface area contributed by atoms with Gasteiger partial charge in [-0.3, -0.25) is 0 Å². The first-order chi connectivity index (χ1) is 13.8. The molecule has 6 heteroatoms. The van der Waals surface area contributed by atoms with Crippen molar-refractivity contribution in [3.05, 3.63) is 65.6 Å². The SMILES string of the molecule is [C-]#[N+]c1nc2nc3c(nc2nc1C#N)-c1c2ccccc2cc2cccc-3c12. The monoisotopic (exact) mass is 356 g/mol. The van der Waals surface area contributed by atoms with Crippen molar-refractivity contribution in [3.8, 4) is 28.6 Å². The second kappa shape index (κ2) is 5.06. The van der Waals surface area contributed by atoms with Gasteiger partial charge in [0.15, 0.2) is 5.69 Å². The van der Waals surface area contributed by atoms with Gasteiger partial charge in [-0.25, -0.2) is 15.0 Å². The Bertz CT molecular complexity index is 1590. The molecule has 1 aliphatic rings. The molecule has 126 valence electrons. The summed E-state index contributed by atoms with van der Waals surface area (Å²) >= 11 is 0. The van der Waals surface area contributed by atoms with Crippen LogP contribution in [0.3, 0.4) is 0 Å². The third-order valence-corrected chi connectivity index (χ3v) is 5.09. The van der Waals surface area contributed by atoms with Crippen molar-refractivity contribution in [2.24, 2.45) is 0 Å². The van der Waals surface area contributed by atoms with Crippen LogP contribution < -0.4 is 0 Å². The van der Waals surface area contributed by atoms with Gasteiger partial charge >= 0.3 is 5.82 Å². The van der Waals surface area contributed by atoms with Gasteiger partial charge in [-0.15, -0.1) is 0 Å². The molecule has 28 heavy (non-hydrogen) atoms. The molecule has 0 radical (unpaired) electrons. The van der Waals surface area contributed by atoms with Crippen LogP contribution in [0.1, 0.15) is 5.69 Å². The highest BCUT2D eigenvalue weighted by atomic mass is 15.0. The van der Waals surface area contributed by atoms with Crippen molar-refractivity contribution in [3.63, 3.8) is 0 Å². The number of hydrogen-bond acceptors (Lipinski definition) is 5. The van der Waals surface area contributed by atoms with Crippen molar-refractivity contribution >= 4 is 38.7 Å². The number of nitriles is 1. The minimum atomic E-state index is -0.0524. The molecule has 1 aliphatic carbocycles. The van der Waals surface area contributed by atoms with Crippen LogP contribution in [-0.2, 0) is 0 Å². The van der Waals surface area contributed by atoms with Crippen molar-refractivity contribution in [2.75, 3.05) is 0 Å². The molecular weight excluding hydrogens is 348 g/mol. The van der Waals surface area contributed by atoms with E-state index in [1.807, 2.05) is 30.3 Å². The highest BCUT2D eigenvalue weighted by Gasteiger charge is 2.28. The van der Waals surface area contributed by atoms with Crippen LogP contribution in [0.15, 0.2) is 48.5 Å². The second-order valence-corrected chi connectivity index (χ2v) is 6.56. The smallest absolute Gasteiger partial charge is 0.308 e. The number of benzene rings is 3. The molecule has 2 heterocycles. The third-order valence-electron chi connectivity index (χ3n) is 5.09. The van der Waals surface area contributed by atoms with Gasteiger partial charge in [0.25, 0.3) is 5.65 Å². The topological polar surface area (TPSA) is 79.7 Å². The zero-order valence-electron chi connectivity index (χ0n) is 14.3. The van der Waals surface area contributed by atoms with E-state index in [1.165, 1.54) is 0 Å². The average molecular weight is 356 g/mol. The molecule has 0 saturated heterocycles. The average Bonchev–Trinajstić information content (AvgIpc) is 3.06. The molecule has 0 saturated carbocycles. The lowest BCUT2D eigenvalue weighted by Crippen LogP contribution is -1.98. The molecule has 5 aromatic rings. The quantitative estimate of drug-likeness (QED) is 0.289. The molecule has 0 unspecified atom stereocenters. The van der Waals surface area contributed by atoms with Crippen LogP contribution in [-0.4, -0.2) is 19.9 Å². The molecule has 0 N–H and O–H groups in total. The lowest BCUT2D eigenvalue weighted by molar-refractivity contribution is 1.16. The standard InChI is InChI=1S/C22H8N6/c1-24-20-15(10-23)25-21-22(28-20)26-18-14-8-4-6-12-9-11-5-2-3-7-13(11)17(16(12)14)19(18)27-21/h2-9H. The third kappa shape index (κ3) is 1.74. The number of hydrogen-bond donors (Lipinski definition) is 0. The van der Waals surface area contributed by atoms with Crippen molar-refractivity contribution in [2.45, 2.75) is 0 Å². The van der Waals surface area contributed by atoms with Crippen LogP contribution in [0.25, 0.3) is 60.2 Å². The minimum absolute atomic E-state index is 0.0321. The summed E-state index contributed by atoms with van der Waals surface area (Å²) in [6.07, 6.45) is 0. The Morgan fingerprint density at radius 1 is 0.857 bits per heavy atom. The highest BCUT2D eigenvalue weighted by molar-refractivity contribution is 6.22. The Balaban J connectivity index is 1.82. The summed E-state index contributed by atoms with van der Waals surface area (Å²) in [5.74, 6) is -0.0524. The molecule has 6 nitrogen and oxygen atoms in total. The minimum Gasteiger partial charge on any atom is -0.358 e. The summed E-state index contributed by atoms with van der Waals surface area (Å²) in [4.78, 5) is 21.2. The Kier molecular flexibility index (Phi) is 2.66. The van der Waals surface area contributed by atoms with E-state index in [2.05, 4.69) is 39.1 Å². The van der Waals surface area contributed by atoms with Crippen LogP contribution >= 0.6 is 0 Å². The summed E-state index contributed by atoms with van der Waals surface area (Å²) < 4.78 is 0. The molecule has 0 bridgehead atoms. The Hall–Kier alpha value is -4.42. The first kappa shape index (κ1) is 14.7. The predicted octanol–water partition coefficient (Wildman–Crippen LogP) is 4.80. The summed E-state index contributed by atoms with van der Waals surface area (Å²) in [5, 5.41) is 13.7. The van der Waals surface area contributed by atoms with Crippen LogP contribution in [0.2, 0.25) is 0 Å². The molecule has 2 aromatic heterocycles. The fraction of sp³-hybridized carbons (Fsp3) is 0. The maximum absolute atomic E-state index is 9.26. The van der Waals surface area contributed by atoms with Gasteiger partial charge in [0.1, 0.15) is 17.5 Å². The van der Waals surface area contributed by atoms with Gasteiger partial charge in [-0.05, 0) is 22.2 Å². The Morgan fingerprint density at radius 2 is 1.64 bits per heavy atom. The van der Waals surface area contributed by atoms with Gasteiger partial charge in [0.2, 0.25) is 5.65 Å². The largest absolute Gasteiger partial charge is 0.358 e. The number of nitrogens with zero attached hydrogens (tertiary/aromatic N) is 6. The summed E-state index contributed by atoms with van der Waals surface area (Å²) in [6, 6.07) is 18.4. The van der Waals surface area contributed by atoms with E-state index in [0.29, 0.717) is 0 Å². The summed E-state index contributed by atoms with van der Waals surface area (Å²) in [6.45, 7) is 7.23. The molecule has 0 spiro atoms. The fourth-order valence-corrected chi connectivity index (χ4v) is 3.96. The number of rotatable bonds is 0. The first-order valence-corrected chi connectivity index (χ1v) is 8.61. The fourth-order valence-electron chi connectivity index (χ4n) is 3.96. The molecule has 0 fully saturated rings. The molecule has 6 rings (SSSR count).